The van der Waals surface area contributed by atoms with Gasteiger partial charge in [0.05, 0.1) is 18.2 Å². The van der Waals surface area contributed by atoms with Crippen molar-refractivity contribution in [3.05, 3.63) is 41.1 Å². The van der Waals surface area contributed by atoms with Crippen LogP contribution in [0, 0.1) is 0 Å². The molecule has 6 heteroatoms. The van der Waals surface area contributed by atoms with E-state index in [0.29, 0.717) is 17.9 Å². The van der Waals surface area contributed by atoms with E-state index in [4.69, 9.17) is 9.47 Å². The summed E-state index contributed by atoms with van der Waals surface area (Å²) in [6.45, 7) is 4.26. The van der Waals surface area contributed by atoms with Crippen LogP contribution in [0.4, 0.5) is 4.79 Å². The number of amides is 2. The van der Waals surface area contributed by atoms with Crippen molar-refractivity contribution in [1.29, 1.82) is 0 Å². The highest BCUT2D eigenvalue weighted by molar-refractivity contribution is 5.95. The minimum absolute atomic E-state index is 0.0493. The first-order valence-corrected chi connectivity index (χ1v) is 10.3. The molecular weight excluding hydrogens is 356 g/mol. The first-order chi connectivity index (χ1) is 13.6. The van der Waals surface area contributed by atoms with E-state index in [1.165, 1.54) is 19.3 Å². The van der Waals surface area contributed by atoms with Gasteiger partial charge in [0, 0.05) is 5.70 Å². The third-order valence-electron chi connectivity index (χ3n) is 5.34. The lowest BCUT2D eigenvalue weighted by atomic mass is 9.95. The lowest BCUT2D eigenvalue weighted by molar-refractivity contribution is -0.145. The molecule has 0 radical (unpaired) electrons. The Morgan fingerprint density at radius 3 is 2.36 bits per heavy atom. The second kappa shape index (κ2) is 9.62. The number of esters is 1. The Bertz CT molecular complexity index is 719. The lowest BCUT2D eigenvalue weighted by Gasteiger charge is -2.29. The number of hydrogen-bond acceptors (Lipinski definition) is 4. The first kappa shape index (κ1) is 20.2. The zero-order chi connectivity index (χ0) is 19.9. The highest BCUT2D eigenvalue weighted by atomic mass is 16.5. The quantitative estimate of drug-likeness (QED) is 0.737. The lowest BCUT2D eigenvalue weighted by Crippen LogP contribution is -2.45. The third kappa shape index (κ3) is 5.06. The molecule has 1 aromatic carbocycles. The molecule has 0 unspecified atom stereocenters. The number of allylic oxidation sites excluding steroid dienone is 1. The van der Waals surface area contributed by atoms with E-state index in [2.05, 4.69) is 10.6 Å². The molecule has 1 atom stereocenters. The van der Waals surface area contributed by atoms with Crippen LogP contribution in [-0.4, -0.2) is 24.7 Å². The fourth-order valence-electron chi connectivity index (χ4n) is 3.89. The monoisotopic (exact) mass is 386 g/mol. The minimum Gasteiger partial charge on any atom is -0.494 e. The van der Waals surface area contributed by atoms with Crippen molar-refractivity contribution in [3.63, 3.8) is 0 Å². The molecule has 0 bridgehead atoms. The fraction of sp³-hybridized carbons (Fsp3) is 0.545. The van der Waals surface area contributed by atoms with Crippen molar-refractivity contribution >= 4 is 12.0 Å². The molecule has 6 nitrogen and oxygen atoms in total. The summed E-state index contributed by atoms with van der Waals surface area (Å²) in [5.41, 5.74) is 1.83. The summed E-state index contributed by atoms with van der Waals surface area (Å²) in [5, 5.41) is 5.56. The molecule has 0 saturated heterocycles. The number of rotatable bonds is 5. The number of ether oxygens (including phenoxy) is 2. The summed E-state index contributed by atoms with van der Waals surface area (Å²) in [6.07, 6.45) is 7.61. The molecule has 2 aliphatic rings. The van der Waals surface area contributed by atoms with Crippen LogP contribution in [0.15, 0.2) is 35.5 Å². The number of hydrogen-bond donors (Lipinski definition) is 2. The summed E-state index contributed by atoms with van der Waals surface area (Å²) >= 11 is 0. The number of nitrogens with one attached hydrogen (secondary N) is 2. The standard InChI is InChI=1S/C22H30N2O4/c1-3-27-17-13-11-16(12-14-17)20-19(15(2)23-22(26)24-20)21(25)28-18-9-7-5-4-6-8-10-18/h11-14,18,20H,3-10H2,1-2H3,(H2,23,24,26)/t20-/m0/s1. The number of benzene rings is 1. The number of carbonyl (C=O) groups excluding carboxylic acids is 2. The maximum Gasteiger partial charge on any atom is 0.338 e. The molecule has 2 N–H and O–H groups in total. The van der Waals surface area contributed by atoms with E-state index in [-0.39, 0.29) is 18.1 Å². The van der Waals surface area contributed by atoms with Crippen LogP contribution in [-0.2, 0) is 9.53 Å². The van der Waals surface area contributed by atoms with Gasteiger partial charge in [0.2, 0.25) is 0 Å². The topological polar surface area (TPSA) is 76.7 Å². The Labute approximate surface area is 166 Å². The van der Waals surface area contributed by atoms with E-state index >= 15 is 0 Å². The highest BCUT2D eigenvalue weighted by Gasteiger charge is 2.33. The van der Waals surface area contributed by atoms with Crippen LogP contribution in [0.5, 0.6) is 5.75 Å². The molecular formula is C22H30N2O4. The van der Waals surface area contributed by atoms with Crippen LogP contribution < -0.4 is 15.4 Å². The molecule has 1 aliphatic carbocycles. The van der Waals surface area contributed by atoms with Crippen LogP contribution in [0.2, 0.25) is 0 Å². The summed E-state index contributed by atoms with van der Waals surface area (Å²) in [7, 11) is 0. The van der Waals surface area contributed by atoms with E-state index < -0.39 is 6.04 Å². The Balaban J connectivity index is 1.79. The molecule has 1 aliphatic heterocycles. The highest BCUT2D eigenvalue weighted by Crippen LogP contribution is 2.30. The molecule has 0 spiro atoms. The molecule has 1 fully saturated rings. The first-order valence-electron chi connectivity index (χ1n) is 10.3. The van der Waals surface area contributed by atoms with Gasteiger partial charge in [-0.2, -0.15) is 0 Å². The Kier molecular flexibility index (Phi) is 6.95. The summed E-state index contributed by atoms with van der Waals surface area (Å²) in [5.74, 6) is 0.403. The number of carbonyl (C=O) groups is 2. The second-order valence-corrected chi connectivity index (χ2v) is 7.44. The molecule has 1 saturated carbocycles. The zero-order valence-electron chi connectivity index (χ0n) is 16.8. The van der Waals surface area contributed by atoms with Crippen LogP contribution in [0.1, 0.15) is 70.4 Å². The van der Waals surface area contributed by atoms with Crippen molar-refractivity contribution in [2.45, 2.75) is 70.9 Å². The van der Waals surface area contributed by atoms with Crippen molar-refractivity contribution in [3.8, 4) is 5.75 Å². The molecule has 1 aromatic rings. The van der Waals surface area contributed by atoms with Gasteiger partial charge >= 0.3 is 12.0 Å². The van der Waals surface area contributed by atoms with E-state index in [9.17, 15) is 9.59 Å². The van der Waals surface area contributed by atoms with E-state index in [1.807, 2.05) is 31.2 Å². The van der Waals surface area contributed by atoms with Crippen molar-refractivity contribution in [1.82, 2.24) is 10.6 Å². The van der Waals surface area contributed by atoms with Gasteiger partial charge in [-0.25, -0.2) is 9.59 Å². The van der Waals surface area contributed by atoms with Gasteiger partial charge in [0.15, 0.2) is 0 Å². The van der Waals surface area contributed by atoms with Crippen molar-refractivity contribution in [2.75, 3.05) is 6.61 Å². The van der Waals surface area contributed by atoms with Gasteiger partial charge in [0.25, 0.3) is 0 Å². The van der Waals surface area contributed by atoms with Crippen LogP contribution in [0.3, 0.4) is 0 Å². The average Bonchev–Trinajstić information content (AvgIpc) is 2.64. The molecule has 28 heavy (non-hydrogen) atoms. The van der Waals surface area contributed by atoms with Crippen LogP contribution in [0.25, 0.3) is 0 Å². The molecule has 152 valence electrons. The maximum atomic E-state index is 13.0. The third-order valence-corrected chi connectivity index (χ3v) is 5.34. The van der Waals surface area contributed by atoms with E-state index in [1.54, 1.807) is 6.92 Å². The Morgan fingerprint density at radius 1 is 1.07 bits per heavy atom. The van der Waals surface area contributed by atoms with Gasteiger partial charge in [-0.1, -0.05) is 31.4 Å². The van der Waals surface area contributed by atoms with Crippen molar-refractivity contribution in [2.24, 2.45) is 0 Å². The number of urea groups is 1. The van der Waals surface area contributed by atoms with Gasteiger partial charge in [0.1, 0.15) is 11.9 Å². The Morgan fingerprint density at radius 2 is 1.71 bits per heavy atom. The zero-order valence-corrected chi connectivity index (χ0v) is 16.8. The average molecular weight is 386 g/mol. The summed E-state index contributed by atoms with van der Waals surface area (Å²) < 4.78 is 11.4. The predicted molar refractivity (Wildman–Crippen MR) is 107 cm³/mol. The van der Waals surface area contributed by atoms with Gasteiger partial charge < -0.3 is 20.1 Å². The normalized spacial score (nSPS) is 21.2. The fourth-order valence-corrected chi connectivity index (χ4v) is 3.89. The molecule has 3 rings (SSSR count). The maximum absolute atomic E-state index is 13.0. The van der Waals surface area contributed by atoms with Gasteiger partial charge in [-0.15, -0.1) is 0 Å². The summed E-state index contributed by atoms with van der Waals surface area (Å²) in [6, 6.07) is 6.58. The summed E-state index contributed by atoms with van der Waals surface area (Å²) in [4.78, 5) is 25.1. The smallest absolute Gasteiger partial charge is 0.338 e. The minimum atomic E-state index is -0.537. The second-order valence-electron chi connectivity index (χ2n) is 7.44. The Hall–Kier alpha value is -2.50. The molecule has 0 aromatic heterocycles. The largest absolute Gasteiger partial charge is 0.494 e. The van der Waals surface area contributed by atoms with Crippen LogP contribution >= 0.6 is 0 Å². The molecule has 2 amide bonds. The predicted octanol–water partition coefficient (Wildman–Crippen LogP) is 4.37. The SMILES string of the molecule is CCOc1ccc([C@@H]2NC(=O)NC(C)=C2C(=O)OC2CCCCCCC2)cc1. The molecule has 1 heterocycles. The van der Waals surface area contributed by atoms with Gasteiger partial charge in [-0.05, 0) is 57.2 Å². The van der Waals surface area contributed by atoms with Crippen molar-refractivity contribution < 1.29 is 19.1 Å². The van der Waals surface area contributed by atoms with E-state index in [0.717, 1.165) is 37.0 Å². The van der Waals surface area contributed by atoms with Gasteiger partial charge in [-0.3, -0.25) is 0 Å².